The first-order chi connectivity index (χ1) is 5.74. The lowest BCUT2D eigenvalue weighted by Gasteiger charge is -2.18. The smallest absolute Gasteiger partial charge is 0.0181 e. The van der Waals surface area contributed by atoms with Crippen molar-refractivity contribution in [2.75, 3.05) is 13.1 Å². The Morgan fingerprint density at radius 3 is 2.75 bits per heavy atom. The molecule has 0 saturated heterocycles. The van der Waals surface area contributed by atoms with Gasteiger partial charge >= 0.3 is 0 Å². The summed E-state index contributed by atoms with van der Waals surface area (Å²) >= 11 is -2.12. The second-order valence-electron chi connectivity index (χ2n) is 3.27. The maximum absolute atomic E-state index is 10.2. The first kappa shape index (κ1) is 10.1. The van der Waals surface area contributed by atoms with Gasteiger partial charge in [0.15, 0.2) is 0 Å². The Bertz CT molecular complexity index is 165. The standard InChI is InChI=1S/C7H16N2O2S/c8-4-6-2-1-3-7(6)5-9-12(10)11/h6-7,9H,1-5,8H2,(H,10,11)/p-1. The number of rotatable bonds is 4. The minimum absolute atomic E-state index is 0.452. The molecule has 0 radical (unpaired) electrons. The van der Waals surface area contributed by atoms with Crippen molar-refractivity contribution >= 4 is 11.3 Å². The molecule has 0 aromatic rings. The van der Waals surface area contributed by atoms with Gasteiger partial charge in [-0.2, -0.15) is 0 Å². The largest absolute Gasteiger partial charge is 0.760 e. The molecule has 12 heavy (non-hydrogen) atoms. The van der Waals surface area contributed by atoms with Gasteiger partial charge in [-0.25, -0.2) is 4.72 Å². The summed E-state index contributed by atoms with van der Waals surface area (Å²) in [4.78, 5) is 0. The molecule has 0 aromatic heterocycles. The van der Waals surface area contributed by atoms with E-state index >= 15 is 0 Å². The molecule has 72 valence electrons. The minimum atomic E-state index is -2.12. The molecule has 1 aliphatic carbocycles. The van der Waals surface area contributed by atoms with Gasteiger partial charge in [-0.05, 0) is 31.2 Å². The molecule has 3 N–H and O–H groups in total. The highest BCUT2D eigenvalue weighted by atomic mass is 32.2. The molecule has 0 bridgehead atoms. The van der Waals surface area contributed by atoms with Gasteiger partial charge in [-0.15, -0.1) is 0 Å². The van der Waals surface area contributed by atoms with Crippen LogP contribution in [-0.4, -0.2) is 21.9 Å². The predicted octanol–water partition coefficient (Wildman–Crippen LogP) is -0.255. The molecule has 4 nitrogen and oxygen atoms in total. The lowest BCUT2D eigenvalue weighted by molar-refractivity contribution is 0.390. The van der Waals surface area contributed by atoms with Crippen LogP contribution >= 0.6 is 0 Å². The van der Waals surface area contributed by atoms with Crippen LogP contribution in [0.15, 0.2) is 0 Å². The topological polar surface area (TPSA) is 78.2 Å². The molecule has 1 rings (SSSR count). The number of hydrogen-bond donors (Lipinski definition) is 2. The van der Waals surface area contributed by atoms with E-state index in [-0.39, 0.29) is 0 Å². The van der Waals surface area contributed by atoms with Crippen molar-refractivity contribution in [3.05, 3.63) is 0 Å². The van der Waals surface area contributed by atoms with Crippen LogP contribution in [0.5, 0.6) is 0 Å². The molecule has 1 saturated carbocycles. The molecule has 1 fully saturated rings. The molecule has 5 heteroatoms. The number of nitrogens with two attached hydrogens (primary N) is 1. The van der Waals surface area contributed by atoms with E-state index in [0.717, 1.165) is 12.8 Å². The van der Waals surface area contributed by atoms with E-state index < -0.39 is 11.3 Å². The molecule has 3 atom stereocenters. The van der Waals surface area contributed by atoms with Gasteiger partial charge in [0.05, 0.1) is 0 Å². The second kappa shape index (κ2) is 4.91. The summed E-state index contributed by atoms with van der Waals surface area (Å²) in [7, 11) is 0. The summed E-state index contributed by atoms with van der Waals surface area (Å²) in [5.41, 5.74) is 5.55. The van der Waals surface area contributed by atoms with Crippen molar-refractivity contribution in [2.24, 2.45) is 17.6 Å². The molecule has 0 aromatic carbocycles. The Kier molecular flexibility index (Phi) is 4.14. The molecular formula is C7H15N2O2S-. The second-order valence-corrected chi connectivity index (χ2v) is 4.03. The quantitative estimate of drug-likeness (QED) is 0.601. The molecule has 0 amide bonds. The van der Waals surface area contributed by atoms with Crippen LogP contribution in [0.4, 0.5) is 0 Å². The zero-order chi connectivity index (χ0) is 8.97. The van der Waals surface area contributed by atoms with E-state index in [9.17, 15) is 8.76 Å². The summed E-state index contributed by atoms with van der Waals surface area (Å²) in [6.07, 6.45) is 3.43. The first-order valence-electron chi connectivity index (χ1n) is 4.27. The number of nitrogens with one attached hydrogen (secondary N) is 1. The highest BCUT2D eigenvalue weighted by Crippen LogP contribution is 2.30. The third-order valence-electron chi connectivity index (χ3n) is 2.58. The Hall–Kier alpha value is 0.0300. The Balaban J connectivity index is 2.26. The van der Waals surface area contributed by atoms with Crippen molar-refractivity contribution in [1.29, 1.82) is 0 Å². The van der Waals surface area contributed by atoms with Crippen molar-refractivity contribution in [3.8, 4) is 0 Å². The normalized spacial score (nSPS) is 32.2. The molecule has 0 aliphatic heterocycles. The van der Waals surface area contributed by atoms with Crippen LogP contribution in [-0.2, 0) is 11.3 Å². The van der Waals surface area contributed by atoms with E-state index in [4.69, 9.17) is 5.73 Å². The lowest BCUT2D eigenvalue weighted by atomic mass is 9.97. The molecule has 1 aliphatic rings. The van der Waals surface area contributed by atoms with Gasteiger partial charge in [0.1, 0.15) is 0 Å². The summed E-state index contributed by atoms with van der Waals surface area (Å²) in [6.45, 7) is 1.23. The fraction of sp³-hybridized carbons (Fsp3) is 1.00. The summed E-state index contributed by atoms with van der Waals surface area (Å²) in [5.74, 6) is 0.967. The Labute approximate surface area is 75.3 Å². The van der Waals surface area contributed by atoms with Gasteiger partial charge in [0, 0.05) is 17.8 Å². The van der Waals surface area contributed by atoms with Crippen LogP contribution in [0.25, 0.3) is 0 Å². The molecule has 0 heterocycles. The zero-order valence-electron chi connectivity index (χ0n) is 6.99. The molecule has 3 unspecified atom stereocenters. The fourth-order valence-corrected chi connectivity index (χ4v) is 2.22. The van der Waals surface area contributed by atoms with Gasteiger partial charge in [-0.3, -0.25) is 4.21 Å². The third-order valence-corrected chi connectivity index (χ3v) is 2.98. The van der Waals surface area contributed by atoms with E-state index in [2.05, 4.69) is 4.72 Å². The van der Waals surface area contributed by atoms with E-state index in [1.54, 1.807) is 0 Å². The lowest BCUT2D eigenvalue weighted by Crippen LogP contribution is -2.29. The van der Waals surface area contributed by atoms with E-state index in [1.165, 1.54) is 6.42 Å². The van der Waals surface area contributed by atoms with Crippen molar-refractivity contribution < 1.29 is 8.76 Å². The van der Waals surface area contributed by atoms with Crippen molar-refractivity contribution in [2.45, 2.75) is 19.3 Å². The highest BCUT2D eigenvalue weighted by molar-refractivity contribution is 7.77. The Morgan fingerprint density at radius 2 is 2.17 bits per heavy atom. The van der Waals surface area contributed by atoms with Gasteiger partial charge in [0.2, 0.25) is 0 Å². The van der Waals surface area contributed by atoms with E-state index in [0.29, 0.717) is 24.9 Å². The summed E-state index contributed by atoms with van der Waals surface area (Å²) in [5, 5.41) is 0. The van der Waals surface area contributed by atoms with Crippen molar-refractivity contribution in [1.82, 2.24) is 4.72 Å². The van der Waals surface area contributed by atoms with Crippen LogP contribution in [0.3, 0.4) is 0 Å². The van der Waals surface area contributed by atoms with Gasteiger partial charge < -0.3 is 10.3 Å². The number of hydrogen-bond acceptors (Lipinski definition) is 3. The van der Waals surface area contributed by atoms with Crippen LogP contribution in [0.2, 0.25) is 0 Å². The fourth-order valence-electron chi connectivity index (χ4n) is 1.87. The highest BCUT2D eigenvalue weighted by Gasteiger charge is 2.25. The van der Waals surface area contributed by atoms with E-state index in [1.807, 2.05) is 0 Å². The minimum Gasteiger partial charge on any atom is -0.760 e. The van der Waals surface area contributed by atoms with Crippen LogP contribution in [0, 0.1) is 11.8 Å². The van der Waals surface area contributed by atoms with Gasteiger partial charge in [-0.1, -0.05) is 6.42 Å². The summed E-state index contributed by atoms with van der Waals surface area (Å²) in [6, 6.07) is 0. The third kappa shape index (κ3) is 2.82. The maximum atomic E-state index is 10.2. The maximum Gasteiger partial charge on any atom is 0.0181 e. The Morgan fingerprint density at radius 1 is 1.50 bits per heavy atom. The predicted molar refractivity (Wildman–Crippen MR) is 46.8 cm³/mol. The average Bonchev–Trinajstić information content (AvgIpc) is 2.47. The van der Waals surface area contributed by atoms with Crippen molar-refractivity contribution in [3.63, 3.8) is 0 Å². The SMILES string of the molecule is NCC1CCCC1CNS(=O)[O-]. The average molecular weight is 191 g/mol. The van der Waals surface area contributed by atoms with Gasteiger partial charge in [0.25, 0.3) is 0 Å². The zero-order valence-corrected chi connectivity index (χ0v) is 7.81. The molecule has 0 spiro atoms. The first-order valence-corrected chi connectivity index (χ1v) is 5.34. The van der Waals surface area contributed by atoms with Crippen LogP contribution < -0.4 is 10.5 Å². The molecular weight excluding hydrogens is 176 g/mol. The monoisotopic (exact) mass is 191 g/mol. The van der Waals surface area contributed by atoms with Crippen LogP contribution in [0.1, 0.15) is 19.3 Å². The summed E-state index contributed by atoms with van der Waals surface area (Å²) < 4.78 is 22.8.